The first-order chi connectivity index (χ1) is 18.1. The van der Waals surface area contributed by atoms with Crippen molar-refractivity contribution in [2.75, 3.05) is 6.61 Å². The van der Waals surface area contributed by atoms with Crippen molar-refractivity contribution in [1.29, 1.82) is 0 Å². The molecule has 4 unspecified atom stereocenters. The van der Waals surface area contributed by atoms with Crippen molar-refractivity contribution < 1.29 is 34.5 Å². The number of aliphatic hydroxyl groups is 1. The van der Waals surface area contributed by atoms with Gasteiger partial charge in [-0.15, -0.1) is 0 Å². The van der Waals surface area contributed by atoms with Gasteiger partial charge in [0.05, 0.1) is 12.6 Å². The number of benzene rings is 2. The van der Waals surface area contributed by atoms with Crippen LogP contribution < -0.4 is 21.7 Å². The van der Waals surface area contributed by atoms with Crippen LogP contribution in [0.4, 0.5) is 0 Å². The van der Waals surface area contributed by atoms with Crippen LogP contribution in [0.5, 0.6) is 5.75 Å². The predicted octanol–water partition coefficient (Wildman–Crippen LogP) is -0.463. The Morgan fingerprint density at radius 1 is 0.868 bits per heavy atom. The monoisotopic (exact) mass is 525 g/mol. The molecule has 0 radical (unpaired) electrons. The fraction of sp³-hybridized carbons (Fsp3) is 0.308. The minimum Gasteiger partial charge on any atom is -0.508 e. The molecule has 38 heavy (non-hydrogen) atoms. The number of phenols is 1. The number of hydrogen-bond acceptors (Lipinski definition) is 7. The molecule has 0 fully saturated rings. The number of H-pyrrole nitrogens is 1. The normalized spacial score (nSPS) is 14.2. The second-order valence-electron chi connectivity index (χ2n) is 8.93. The number of aromatic nitrogens is 1. The molecule has 3 amide bonds. The molecule has 1 heterocycles. The number of carboxylic acids is 1. The Morgan fingerprint density at radius 2 is 1.47 bits per heavy atom. The summed E-state index contributed by atoms with van der Waals surface area (Å²) in [5, 5.41) is 36.9. The topological polar surface area (TPSA) is 207 Å². The molecule has 12 heteroatoms. The van der Waals surface area contributed by atoms with Gasteiger partial charge in [-0.1, -0.05) is 30.3 Å². The van der Waals surface area contributed by atoms with Crippen LogP contribution in [0.25, 0.3) is 10.9 Å². The van der Waals surface area contributed by atoms with Gasteiger partial charge in [-0.05, 0) is 36.2 Å². The zero-order valence-electron chi connectivity index (χ0n) is 20.7. The van der Waals surface area contributed by atoms with Gasteiger partial charge in [0, 0.05) is 29.9 Å². The van der Waals surface area contributed by atoms with Gasteiger partial charge in [0.25, 0.3) is 0 Å². The highest BCUT2D eigenvalue weighted by Crippen LogP contribution is 2.19. The molecule has 0 saturated carbocycles. The Kier molecular flexibility index (Phi) is 9.41. The zero-order chi connectivity index (χ0) is 27.8. The summed E-state index contributed by atoms with van der Waals surface area (Å²) in [7, 11) is 0. The maximum Gasteiger partial charge on any atom is 0.326 e. The SMILES string of the molecule is CC(N)C(=O)NC(Cc1c[nH]c2ccccc12)C(=O)NC(CO)C(=O)NC(Cc1ccc(O)cc1)C(=O)O. The van der Waals surface area contributed by atoms with E-state index in [4.69, 9.17) is 5.73 Å². The number of phenolic OH excluding ortho intramolecular Hbond substituents is 1. The number of aromatic hydroxyl groups is 1. The van der Waals surface area contributed by atoms with Gasteiger partial charge in [0.2, 0.25) is 17.7 Å². The van der Waals surface area contributed by atoms with Crippen molar-refractivity contribution in [3.05, 3.63) is 65.9 Å². The Morgan fingerprint density at radius 3 is 2.11 bits per heavy atom. The van der Waals surface area contributed by atoms with E-state index in [0.717, 1.165) is 16.5 Å². The lowest BCUT2D eigenvalue weighted by Gasteiger charge is -2.24. The second-order valence-corrected chi connectivity index (χ2v) is 8.93. The molecule has 3 rings (SSSR count). The second kappa shape index (κ2) is 12.7. The highest BCUT2D eigenvalue weighted by Gasteiger charge is 2.30. The summed E-state index contributed by atoms with van der Waals surface area (Å²) in [6.45, 7) is 0.643. The number of nitrogens with two attached hydrogens (primary N) is 1. The first-order valence-corrected chi connectivity index (χ1v) is 11.9. The molecular formula is C26H31N5O7. The van der Waals surface area contributed by atoms with E-state index in [2.05, 4.69) is 20.9 Å². The van der Waals surface area contributed by atoms with E-state index in [1.807, 2.05) is 24.3 Å². The number of carbonyl (C=O) groups excluding carboxylic acids is 3. The van der Waals surface area contributed by atoms with Gasteiger partial charge in [-0.3, -0.25) is 14.4 Å². The molecule has 9 N–H and O–H groups in total. The standard InChI is InChI=1S/C26H31N5O7/c1-14(27)23(34)29-20(11-16-12-28-19-5-3-2-4-18(16)19)24(35)31-22(13-32)25(36)30-21(26(37)38)10-15-6-8-17(33)9-7-15/h2-9,12,14,20-22,28,32-33H,10-11,13,27H2,1H3,(H,29,34)(H,30,36)(H,31,35)(H,37,38). The maximum absolute atomic E-state index is 13.2. The molecule has 0 aliphatic heterocycles. The van der Waals surface area contributed by atoms with Crippen LogP contribution in [-0.2, 0) is 32.0 Å². The highest BCUT2D eigenvalue weighted by atomic mass is 16.4. The number of carbonyl (C=O) groups is 4. The summed E-state index contributed by atoms with van der Waals surface area (Å²) in [6, 6.07) is 8.31. The van der Waals surface area contributed by atoms with E-state index < -0.39 is 54.5 Å². The first kappa shape index (κ1) is 28.2. The summed E-state index contributed by atoms with van der Waals surface area (Å²) in [4.78, 5) is 53.1. The van der Waals surface area contributed by atoms with Crippen LogP contribution in [0, 0.1) is 0 Å². The van der Waals surface area contributed by atoms with Gasteiger partial charge in [0.1, 0.15) is 23.9 Å². The average molecular weight is 526 g/mol. The molecule has 12 nitrogen and oxygen atoms in total. The molecule has 0 spiro atoms. The van der Waals surface area contributed by atoms with Crippen molar-refractivity contribution in [2.45, 2.75) is 43.9 Å². The number of amides is 3. The Labute approximate surface area is 218 Å². The molecule has 0 aliphatic rings. The van der Waals surface area contributed by atoms with E-state index in [1.54, 1.807) is 6.20 Å². The third kappa shape index (κ3) is 7.31. The predicted molar refractivity (Wildman–Crippen MR) is 138 cm³/mol. The Bertz CT molecular complexity index is 1290. The summed E-state index contributed by atoms with van der Waals surface area (Å²) < 4.78 is 0. The molecule has 0 aliphatic carbocycles. The maximum atomic E-state index is 13.2. The van der Waals surface area contributed by atoms with E-state index in [0.29, 0.717) is 5.56 Å². The van der Waals surface area contributed by atoms with Crippen molar-refractivity contribution in [3.63, 3.8) is 0 Å². The van der Waals surface area contributed by atoms with Crippen LogP contribution in [0.3, 0.4) is 0 Å². The zero-order valence-corrected chi connectivity index (χ0v) is 20.7. The molecule has 0 saturated heterocycles. The molecule has 202 valence electrons. The van der Waals surface area contributed by atoms with Crippen LogP contribution >= 0.6 is 0 Å². The molecule has 1 aromatic heterocycles. The van der Waals surface area contributed by atoms with Crippen molar-refractivity contribution >= 4 is 34.6 Å². The average Bonchev–Trinajstić information content (AvgIpc) is 3.30. The Hall–Kier alpha value is -4.42. The molecule has 3 aromatic rings. The Balaban J connectivity index is 1.73. The lowest BCUT2D eigenvalue weighted by atomic mass is 10.0. The van der Waals surface area contributed by atoms with Crippen LogP contribution in [-0.4, -0.2) is 74.8 Å². The van der Waals surface area contributed by atoms with Crippen molar-refractivity contribution in [2.24, 2.45) is 5.73 Å². The lowest BCUT2D eigenvalue weighted by Crippen LogP contribution is -2.58. The lowest BCUT2D eigenvalue weighted by molar-refractivity contribution is -0.142. The number of nitrogens with one attached hydrogen (secondary N) is 4. The first-order valence-electron chi connectivity index (χ1n) is 11.9. The summed E-state index contributed by atoms with van der Waals surface area (Å²) in [5.74, 6) is -3.59. The number of aliphatic carboxylic acids is 1. The third-order valence-corrected chi connectivity index (χ3v) is 5.95. The van der Waals surface area contributed by atoms with Crippen LogP contribution in [0.1, 0.15) is 18.1 Å². The minimum absolute atomic E-state index is 0.00558. The van der Waals surface area contributed by atoms with E-state index in [9.17, 15) is 34.5 Å². The molecule has 4 atom stereocenters. The summed E-state index contributed by atoms with van der Waals surface area (Å²) in [5.41, 5.74) is 7.76. The summed E-state index contributed by atoms with van der Waals surface area (Å²) >= 11 is 0. The van der Waals surface area contributed by atoms with E-state index >= 15 is 0 Å². The van der Waals surface area contributed by atoms with Gasteiger partial charge >= 0.3 is 5.97 Å². The fourth-order valence-corrected chi connectivity index (χ4v) is 3.84. The van der Waals surface area contributed by atoms with Crippen molar-refractivity contribution in [3.8, 4) is 5.75 Å². The summed E-state index contributed by atoms with van der Waals surface area (Å²) in [6.07, 6.45) is 1.67. The number of rotatable bonds is 12. The van der Waals surface area contributed by atoms with Gasteiger partial charge in [0.15, 0.2) is 0 Å². The third-order valence-electron chi connectivity index (χ3n) is 5.95. The number of para-hydroxylation sites is 1. The van der Waals surface area contributed by atoms with Crippen LogP contribution in [0.2, 0.25) is 0 Å². The molecule has 2 aromatic carbocycles. The number of aromatic amines is 1. The largest absolute Gasteiger partial charge is 0.508 e. The van der Waals surface area contributed by atoms with Gasteiger partial charge in [-0.25, -0.2) is 4.79 Å². The number of aliphatic hydroxyl groups excluding tert-OH is 1. The quantitative estimate of drug-likeness (QED) is 0.155. The number of carboxylic acid groups (broad SMARTS) is 1. The van der Waals surface area contributed by atoms with Gasteiger partial charge in [-0.2, -0.15) is 0 Å². The van der Waals surface area contributed by atoms with E-state index in [1.165, 1.54) is 31.2 Å². The van der Waals surface area contributed by atoms with E-state index in [-0.39, 0.29) is 18.6 Å². The smallest absolute Gasteiger partial charge is 0.326 e. The molecular weight excluding hydrogens is 494 g/mol. The number of fused-ring (bicyclic) bond motifs is 1. The van der Waals surface area contributed by atoms with Crippen LogP contribution in [0.15, 0.2) is 54.7 Å². The molecule has 0 bridgehead atoms. The minimum atomic E-state index is -1.48. The van der Waals surface area contributed by atoms with Crippen molar-refractivity contribution in [1.82, 2.24) is 20.9 Å². The highest BCUT2D eigenvalue weighted by molar-refractivity contribution is 5.95. The fourth-order valence-electron chi connectivity index (χ4n) is 3.84. The number of hydrogen-bond donors (Lipinski definition) is 8. The van der Waals surface area contributed by atoms with Gasteiger partial charge < -0.3 is 42.0 Å².